The van der Waals surface area contributed by atoms with Gasteiger partial charge in [0, 0.05) is 18.8 Å². The Bertz CT molecular complexity index is 526. The number of nitrogens with one attached hydrogen (secondary N) is 1. The number of anilines is 1. The van der Waals surface area contributed by atoms with E-state index in [-0.39, 0.29) is 17.7 Å². The van der Waals surface area contributed by atoms with Crippen LogP contribution in [0.25, 0.3) is 0 Å². The molecule has 1 aromatic rings. The van der Waals surface area contributed by atoms with Crippen LogP contribution < -0.4 is 16.0 Å². The molecule has 0 saturated heterocycles. The lowest BCUT2D eigenvalue weighted by Crippen LogP contribution is -2.48. The van der Waals surface area contributed by atoms with Gasteiger partial charge in [-0.15, -0.1) is 0 Å². The molecule has 2 rings (SSSR count). The molecule has 7 heteroatoms. The topological polar surface area (TPSA) is 106 Å². The quantitative estimate of drug-likeness (QED) is 0.530. The molecule has 18 heavy (non-hydrogen) atoms. The van der Waals surface area contributed by atoms with Crippen molar-refractivity contribution in [3.05, 3.63) is 18.2 Å². The summed E-state index contributed by atoms with van der Waals surface area (Å²) in [5, 5.41) is 21.6. The molecule has 1 aromatic carbocycles. The fraction of sp³-hybridized carbons (Fsp3) is 0.273. The molecule has 0 bridgehead atoms. The summed E-state index contributed by atoms with van der Waals surface area (Å²) in [6.45, 7) is 1.82. The number of aromatic hydroxyl groups is 2. The van der Waals surface area contributed by atoms with Gasteiger partial charge in [0.1, 0.15) is 6.17 Å². The summed E-state index contributed by atoms with van der Waals surface area (Å²) in [6.07, 6.45) is -0.255. The molecule has 0 spiro atoms. The molecule has 7 nitrogen and oxygen atoms in total. The second kappa shape index (κ2) is 4.44. The first-order valence-corrected chi connectivity index (χ1v) is 5.41. The molecule has 0 radical (unpaired) electrons. The van der Waals surface area contributed by atoms with E-state index in [1.165, 1.54) is 12.1 Å². The lowest BCUT2D eigenvalue weighted by molar-refractivity contribution is 0.404. The predicted molar refractivity (Wildman–Crippen MR) is 69.8 cm³/mol. The number of guanidine groups is 2. The van der Waals surface area contributed by atoms with E-state index in [4.69, 9.17) is 5.73 Å². The molecule has 96 valence electrons. The van der Waals surface area contributed by atoms with E-state index in [2.05, 4.69) is 15.3 Å². The Balaban J connectivity index is 2.26. The van der Waals surface area contributed by atoms with Crippen LogP contribution in [0.15, 0.2) is 28.2 Å². The highest BCUT2D eigenvalue weighted by molar-refractivity contribution is 6.07. The van der Waals surface area contributed by atoms with Crippen LogP contribution in [0, 0.1) is 0 Å². The molecular weight excluding hydrogens is 234 g/mol. The number of phenols is 2. The van der Waals surface area contributed by atoms with Crippen molar-refractivity contribution in [2.45, 2.75) is 13.1 Å². The van der Waals surface area contributed by atoms with Crippen LogP contribution in [-0.2, 0) is 0 Å². The maximum atomic E-state index is 9.47. The van der Waals surface area contributed by atoms with Crippen LogP contribution in [0.3, 0.4) is 0 Å². The molecule has 1 aliphatic rings. The average molecular weight is 249 g/mol. The third-order valence-electron chi connectivity index (χ3n) is 2.54. The van der Waals surface area contributed by atoms with Crippen LogP contribution in [-0.4, -0.2) is 35.3 Å². The molecule has 1 heterocycles. The first-order chi connectivity index (χ1) is 8.47. The first-order valence-electron chi connectivity index (χ1n) is 5.41. The van der Waals surface area contributed by atoms with Crippen LogP contribution >= 0.6 is 0 Å². The third-order valence-corrected chi connectivity index (χ3v) is 2.54. The van der Waals surface area contributed by atoms with Crippen molar-refractivity contribution < 1.29 is 10.2 Å². The van der Waals surface area contributed by atoms with Crippen molar-refractivity contribution in [1.29, 1.82) is 0 Å². The van der Waals surface area contributed by atoms with Gasteiger partial charge < -0.3 is 20.8 Å². The largest absolute Gasteiger partial charge is 0.504 e. The van der Waals surface area contributed by atoms with Gasteiger partial charge in [0.05, 0.1) is 0 Å². The number of aliphatic imine (C=N–C) groups is 2. The van der Waals surface area contributed by atoms with Crippen molar-refractivity contribution in [2.75, 3.05) is 11.9 Å². The highest BCUT2D eigenvalue weighted by atomic mass is 16.3. The van der Waals surface area contributed by atoms with E-state index < -0.39 is 0 Å². The molecular formula is C11H15N5O2. The normalized spacial score (nSPS) is 18.7. The van der Waals surface area contributed by atoms with Crippen LogP contribution in [0.1, 0.15) is 6.92 Å². The fourth-order valence-corrected chi connectivity index (χ4v) is 1.60. The minimum Gasteiger partial charge on any atom is -0.504 e. The van der Waals surface area contributed by atoms with E-state index in [1.807, 2.05) is 6.92 Å². The zero-order valence-electron chi connectivity index (χ0n) is 10.1. The van der Waals surface area contributed by atoms with Gasteiger partial charge in [-0.3, -0.25) is 5.32 Å². The smallest absolute Gasteiger partial charge is 0.207 e. The van der Waals surface area contributed by atoms with E-state index in [1.54, 1.807) is 18.0 Å². The van der Waals surface area contributed by atoms with Crippen molar-refractivity contribution in [2.24, 2.45) is 15.7 Å². The van der Waals surface area contributed by atoms with Crippen molar-refractivity contribution in [3.8, 4) is 11.5 Å². The number of benzene rings is 1. The maximum absolute atomic E-state index is 9.47. The lowest BCUT2D eigenvalue weighted by atomic mass is 10.2. The maximum Gasteiger partial charge on any atom is 0.207 e. The lowest BCUT2D eigenvalue weighted by Gasteiger charge is -2.25. The van der Waals surface area contributed by atoms with Crippen molar-refractivity contribution in [1.82, 2.24) is 5.32 Å². The second-order valence-electron chi connectivity index (χ2n) is 3.96. The predicted octanol–water partition coefficient (Wildman–Crippen LogP) is 0.154. The molecule has 0 amide bonds. The van der Waals surface area contributed by atoms with E-state index in [0.717, 1.165) is 0 Å². The molecule has 5 N–H and O–H groups in total. The summed E-state index contributed by atoms with van der Waals surface area (Å²) < 4.78 is 0. The summed E-state index contributed by atoms with van der Waals surface area (Å²) >= 11 is 0. The minimum absolute atomic E-state index is 0.167. The minimum atomic E-state index is -0.255. The van der Waals surface area contributed by atoms with Gasteiger partial charge in [-0.25, -0.2) is 9.98 Å². The van der Waals surface area contributed by atoms with Gasteiger partial charge in [0.25, 0.3) is 0 Å². The Morgan fingerprint density at radius 1 is 1.28 bits per heavy atom. The average Bonchev–Trinajstić information content (AvgIpc) is 2.30. The summed E-state index contributed by atoms with van der Waals surface area (Å²) in [6, 6.07) is 4.50. The number of rotatable bonds is 1. The van der Waals surface area contributed by atoms with Gasteiger partial charge in [0.2, 0.25) is 5.96 Å². The number of hydrogen-bond donors (Lipinski definition) is 4. The summed E-state index contributed by atoms with van der Waals surface area (Å²) in [4.78, 5) is 10.0. The van der Waals surface area contributed by atoms with Crippen LogP contribution in [0.4, 0.5) is 5.69 Å². The van der Waals surface area contributed by atoms with E-state index >= 15 is 0 Å². The highest BCUT2D eigenvalue weighted by Crippen LogP contribution is 2.29. The zero-order valence-corrected chi connectivity index (χ0v) is 10.1. The molecule has 0 aromatic heterocycles. The Kier molecular flexibility index (Phi) is 2.97. The van der Waals surface area contributed by atoms with E-state index in [0.29, 0.717) is 17.6 Å². The second-order valence-corrected chi connectivity index (χ2v) is 3.96. The van der Waals surface area contributed by atoms with Crippen molar-refractivity contribution >= 4 is 17.6 Å². The Morgan fingerprint density at radius 3 is 2.61 bits per heavy atom. The van der Waals surface area contributed by atoms with Gasteiger partial charge in [0.15, 0.2) is 17.5 Å². The van der Waals surface area contributed by atoms with Crippen LogP contribution in [0.2, 0.25) is 0 Å². The van der Waals surface area contributed by atoms with Gasteiger partial charge in [-0.05, 0) is 19.1 Å². The summed E-state index contributed by atoms with van der Waals surface area (Å²) in [5.41, 5.74) is 6.29. The van der Waals surface area contributed by atoms with Gasteiger partial charge in [-0.1, -0.05) is 0 Å². The number of nitrogens with two attached hydrogens (primary N) is 1. The van der Waals surface area contributed by atoms with E-state index in [9.17, 15) is 10.2 Å². The summed E-state index contributed by atoms with van der Waals surface area (Å²) in [7, 11) is 1.77. The first kappa shape index (κ1) is 12.0. The van der Waals surface area contributed by atoms with Gasteiger partial charge in [-0.2, -0.15) is 0 Å². The van der Waals surface area contributed by atoms with Crippen molar-refractivity contribution in [3.63, 3.8) is 0 Å². The highest BCUT2D eigenvalue weighted by Gasteiger charge is 2.16. The standard InChI is InChI=1S/C11H15N5O2/c1-6-13-10(12)15-11(14-6)16(2)7-3-4-8(17)9(18)5-7/h3-6,17-18H,1-2H3,(H3,12,13,14,15). The summed E-state index contributed by atoms with van der Waals surface area (Å²) in [5.74, 6) is 0.466. The molecule has 1 aliphatic heterocycles. The molecule has 0 fully saturated rings. The Morgan fingerprint density at radius 2 is 2.00 bits per heavy atom. The molecule has 0 saturated carbocycles. The Hall–Kier alpha value is -2.44. The number of hydrogen-bond acceptors (Lipinski definition) is 7. The molecule has 0 aliphatic carbocycles. The zero-order chi connectivity index (χ0) is 13.3. The SMILES string of the molecule is CC1N=C(N)NC(N(C)c2ccc(O)c(O)c2)=N1. The number of nitrogens with zero attached hydrogens (tertiary/aromatic N) is 3. The van der Waals surface area contributed by atoms with Gasteiger partial charge >= 0.3 is 0 Å². The van der Waals surface area contributed by atoms with Crippen LogP contribution in [0.5, 0.6) is 11.5 Å². The molecule has 1 atom stereocenters. The monoisotopic (exact) mass is 249 g/mol. The fourth-order valence-electron chi connectivity index (χ4n) is 1.60. The molecule has 1 unspecified atom stereocenters. The third kappa shape index (κ3) is 2.29. The number of phenolic OH excluding ortho intramolecular Hbond substituents is 2. The Labute approximate surface area is 104 Å².